The maximum absolute atomic E-state index is 6.58. The Kier molecular flexibility index (Phi) is 2.87. The molecule has 3 aromatic rings. The van der Waals surface area contributed by atoms with Crippen LogP contribution in [0.4, 0.5) is 0 Å². The molecule has 0 bridgehead atoms. The van der Waals surface area contributed by atoms with Gasteiger partial charge in [-0.3, -0.25) is 0 Å². The molecule has 0 heterocycles. The Morgan fingerprint density at radius 1 is 0.857 bits per heavy atom. The maximum Gasteiger partial charge on any atom is 0.0487 e. The third kappa shape index (κ3) is 1.99. The number of rotatable bonds is 0. The van der Waals surface area contributed by atoms with Crippen LogP contribution in [0.3, 0.4) is 0 Å². The summed E-state index contributed by atoms with van der Waals surface area (Å²) in [5.41, 5.74) is 6.39. The first-order valence-electron chi connectivity index (χ1n) is 7.21. The van der Waals surface area contributed by atoms with Gasteiger partial charge in [-0.25, -0.2) is 0 Å². The second kappa shape index (κ2) is 4.75. The van der Waals surface area contributed by atoms with Gasteiger partial charge in [-0.05, 0) is 58.0 Å². The van der Waals surface area contributed by atoms with Crippen molar-refractivity contribution < 1.29 is 0 Å². The van der Waals surface area contributed by atoms with Gasteiger partial charge in [0, 0.05) is 5.03 Å². The number of fused-ring (bicyclic) bond motifs is 4. The molecular formula is C20H15Cl. The first-order valence-corrected chi connectivity index (χ1v) is 7.58. The van der Waals surface area contributed by atoms with Crippen molar-refractivity contribution in [2.45, 2.75) is 13.3 Å². The van der Waals surface area contributed by atoms with E-state index in [9.17, 15) is 0 Å². The molecule has 0 unspecified atom stereocenters. The summed E-state index contributed by atoms with van der Waals surface area (Å²) in [6.07, 6.45) is 3.06. The summed E-state index contributed by atoms with van der Waals surface area (Å²) in [6, 6.07) is 19.3. The van der Waals surface area contributed by atoms with E-state index in [-0.39, 0.29) is 0 Å². The Hall–Kier alpha value is -2.05. The molecule has 0 nitrogen and oxygen atoms in total. The van der Waals surface area contributed by atoms with Gasteiger partial charge in [-0.2, -0.15) is 0 Å². The lowest BCUT2D eigenvalue weighted by Crippen LogP contribution is -1.94. The molecule has 21 heavy (non-hydrogen) atoms. The summed E-state index contributed by atoms with van der Waals surface area (Å²) < 4.78 is 0. The summed E-state index contributed by atoms with van der Waals surface area (Å²) in [4.78, 5) is 0. The number of halogens is 1. The highest BCUT2D eigenvalue weighted by Crippen LogP contribution is 2.36. The minimum absolute atomic E-state index is 0.832. The van der Waals surface area contributed by atoms with Crippen LogP contribution < -0.4 is 0 Å². The van der Waals surface area contributed by atoms with Crippen LogP contribution >= 0.6 is 11.6 Å². The van der Waals surface area contributed by atoms with Crippen LogP contribution in [-0.4, -0.2) is 0 Å². The fourth-order valence-electron chi connectivity index (χ4n) is 3.29. The number of hydrogen-bond acceptors (Lipinski definition) is 0. The molecular weight excluding hydrogens is 276 g/mol. The molecule has 0 amide bonds. The van der Waals surface area contributed by atoms with Crippen molar-refractivity contribution in [2.75, 3.05) is 0 Å². The minimum Gasteiger partial charge on any atom is -0.0837 e. The SMILES string of the molecule is Cc1cc2c(c3ccccc13)C=C(Cl)c1ccccc1C2. The first kappa shape index (κ1) is 12.7. The average molecular weight is 291 g/mol. The van der Waals surface area contributed by atoms with Gasteiger partial charge in [0.25, 0.3) is 0 Å². The van der Waals surface area contributed by atoms with Gasteiger partial charge in [-0.15, -0.1) is 0 Å². The lowest BCUT2D eigenvalue weighted by atomic mass is 9.92. The Morgan fingerprint density at radius 2 is 1.57 bits per heavy atom. The van der Waals surface area contributed by atoms with Gasteiger partial charge in [-0.1, -0.05) is 66.2 Å². The molecule has 0 N–H and O–H groups in total. The molecule has 0 saturated heterocycles. The molecule has 1 aliphatic carbocycles. The molecule has 1 heteroatoms. The van der Waals surface area contributed by atoms with Crippen molar-refractivity contribution in [3.8, 4) is 0 Å². The molecule has 0 aliphatic heterocycles. The van der Waals surface area contributed by atoms with Crippen molar-refractivity contribution >= 4 is 33.5 Å². The lowest BCUT2D eigenvalue weighted by molar-refractivity contribution is 1.18. The molecule has 4 rings (SSSR count). The highest BCUT2D eigenvalue weighted by atomic mass is 35.5. The number of hydrogen-bond donors (Lipinski definition) is 0. The summed E-state index contributed by atoms with van der Waals surface area (Å²) in [7, 11) is 0. The van der Waals surface area contributed by atoms with Crippen molar-refractivity contribution in [3.05, 3.63) is 82.4 Å². The van der Waals surface area contributed by atoms with Crippen LogP contribution in [0.15, 0.2) is 54.6 Å². The van der Waals surface area contributed by atoms with Gasteiger partial charge in [0.05, 0.1) is 0 Å². The van der Waals surface area contributed by atoms with E-state index >= 15 is 0 Å². The monoisotopic (exact) mass is 290 g/mol. The van der Waals surface area contributed by atoms with E-state index in [0.717, 1.165) is 17.0 Å². The topological polar surface area (TPSA) is 0 Å². The Bertz CT molecular complexity index is 887. The molecule has 0 aromatic heterocycles. The van der Waals surface area contributed by atoms with Gasteiger partial charge in [0.1, 0.15) is 0 Å². The Labute approximate surface area is 129 Å². The number of aryl methyl sites for hydroxylation is 1. The van der Waals surface area contributed by atoms with Gasteiger partial charge in [0.2, 0.25) is 0 Å². The van der Waals surface area contributed by atoms with Crippen LogP contribution in [0.25, 0.3) is 21.9 Å². The standard InChI is InChI=1S/C20H15Cl/c1-13-10-15-11-14-6-2-3-8-17(14)20(21)12-19(15)18-9-5-4-7-16(13)18/h2-10,12H,11H2,1H3. The highest BCUT2D eigenvalue weighted by molar-refractivity contribution is 6.51. The third-order valence-corrected chi connectivity index (χ3v) is 4.62. The zero-order chi connectivity index (χ0) is 14.4. The molecule has 102 valence electrons. The van der Waals surface area contributed by atoms with E-state index in [2.05, 4.69) is 61.5 Å². The molecule has 0 saturated carbocycles. The highest BCUT2D eigenvalue weighted by Gasteiger charge is 2.16. The summed E-state index contributed by atoms with van der Waals surface area (Å²) >= 11 is 6.58. The molecule has 1 aliphatic rings. The normalized spacial score (nSPS) is 13.3. The van der Waals surface area contributed by atoms with E-state index in [1.165, 1.54) is 33.0 Å². The fourth-order valence-corrected chi connectivity index (χ4v) is 3.58. The predicted molar refractivity (Wildman–Crippen MR) is 91.7 cm³/mol. The minimum atomic E-state index is 0.832. The van der Waals surface area contributed by atoms with Crippen molar-refractivity contribution in [1.29, 1.82) is 0 Å². The zero-order valence-electron chi connectivity index (χ0n) is 11.9. The van der Waals surface area contributed by atoms with E-state index in [0.29, 0.717) is 0 Å². The van der Waals surface area contributed by atoms with Crippen molar-refractivity contribution in [2.24, 2.45) is 0 Å². The molecule has 0 radical (unpaired) electrons. The van der Waals surface area contributed by atoms with Gasteiger partial charge >= 0.3 is 0 Å². The lowest BCUT2D eigenvalue weighted by Gasteiger charge is -2.11. The molecule has 3 aromatic carbocycles. The van der Waals surface area contributed by atoms with Gasteiger partial charge in [0.15, 0.2) is 0 Å². The van der Waals surface area contributed by atoms with E-state index < -0.39 is 0 Å². The summed E-state index contributed by atoms with van der Waals surface area (Å²) in [6.45, 7) is 2.19. The summed E-state index contributed by atoms with van der Waals surface area (Å²) in [5, 5.41) is 3.43. The zero-order valence-corrected chi connectivity index (χ0v) is 12.6. The Morgan fingerprint density at radius 3 is 2.43 bits per heavy atom. The maximum atomic E-state index is 6.58. The first-order chi connectivity index (χ1) is 10.2. The number of benzene rings is 3. The van der Waals surface area contributed by atoms with Crippen molar-refractivity contribution in [3.63, 3.8) is 0 Å². The summed E-state index contributed by atoms with van der Waals surface area (Å²) in [5.74, 6) is 0. The predicted octanol–water partition coefficient (Wildman–Crippen LogP) is 5.79. The van der Waals surface area contributed by atoms with Crippen LogP contribution in [0.1, 0.15) is 27.8 Å². The fraction of sp³-hybridized carbons (Fsp3) is 0.100. The van der Waals surface area contributed by atoms with Crippen LogP contribution in [0, 0.1) is 6.92 Å². The second-order valence-corrected chi connectivity index (χ2v) is 6.05. The third-order valence-electron chi connectivity index (χ3n) is 4.31. The van der Waals surface area contributed by atoms with Crippen molar-refractivity contribution in [1.82, 2.24) is 0 Å². The Balaban J connectivity index is 2.09. The second-order valence-electron chi connectivity index (χ2n) is 5.64. The van der Waals surface area contributed by atoms with Crippen LogP contribution in [0.5, 0.6) is 0 Å². The quantitative estimate of drug-likeness (QED) is 0.491. The average Bonchev–Trinajstić information content (AvgIpc) is 2.65. The van der Waals surface area contributed by atoms with E-state index in [4.69, 9.17) is 11.6 Å². The largest absolute Gasteiger partial charge is 0.0837 e. The smallest absolute Gasteiger partial charge is 0.0487 e. The van der Waals surface area contributed by atoms with E-state index in [1.54, 1.807) is 0 Å². The van der Waals surface area contributed by atoms with E-state index in [1.807, 2.05) is 6.07 Å². The molecule has 0 atom stereocenters. The molecule has 0 fully saturated rings. The molecule has 0 spiro atoms. The van der Waals surface area contributed by atoms with Crippen LogP contribution in [0.2, 0.25) is 0 Å². The van der Waals surface area contributed by atoms with Gasteiger partial charge < -0.3 is 0 Å². The van der Waals surface area contributed by atoms with Crippen LogP contribution in [-0.2, 0) is 6.42 Å².